The number of benzene rings is 2. The van der Waals surface area contributed by atoms with Gasteiger partial charge in [-0.05, 0) is 49.4 Å². The van der Waals surface area contributed by atoms with Crippen LogP contribution < -0.4 is 0 Å². The Bertz CT molecular complexity index is 795. The van der Waals surface area contributed by atoms with Crippen LogP contribution in [0.4, 0.5) is 0 Å². The molecule has 0 saturated carbocycles. The second kappa shape index (κ2) is 7.83. The van der Waals surface area contributed by atoms with Crippen molar-refractivity contribution in [3.8, 4) is 0 Å². The van der Waals surface area contributed by atoms with Crippen LogP contribution in [0, 0.1) is 6.92 Å². The van der Waals surface area contributed by atoms with Crippen molar-refractivity contribution in [3.05, 3.63) is 70.8 Å². The van der Waals surface area contributed by atoms with Crippen LogP contribution in [0.15, 0.2) is 48.5 Å². The zero-order valence-corrected chi connectivity index (χ0v) is 16.0. The van der Waals surface area contributed by atoms with E-state index in [1.807, 2.05) is 31.2 Å². The van der Waals surface area contributed by atoms with Crippen LogP contribution in [-0.2, 0) is 17.6 Å². The molecule has 4 nitrogen and oxygen atoms in total. The molecule has 2 aromatic carbocycles. The van der Waals surface area contributed by atoms with Crippen molar-refractivity contribution in [1.29, 1.82) is 0 Å². The number of carboxylic acid groups (broad SMARTS) is 1. The number of hydrogen-bond acceptors (Lipinski definition) is 3. The van der Waals surface area contributed by atoms with E-state index in [2.05, 4.69) is 34.1 Å². The van der Waals surface area contributed by atoms with Crippen LogP contribution in [-0.4, -0.2) is 53.1 Å². The molecular weight excluding hydrogens is 336 g/mol. The van der Waals surface area contributed by atoms with Crippen LogP contribution in [0.1, 0.15) is 34.7 Å². The third-order valence-electron chi connectivity index (χ3n) is 6.07. The summed E-state index contributed by atoms with van der Waals surface area (Å²) in [5, 5.41) is 9.90. The van der Waals surface area contributed by atoms with Gasteiger partial charge in [0.2, 0.25) is 0 Å². The number of aryl methyl sites for hydroxylation is 1. The Hall–Kier alpha value is -2.17. The van der Waals surface area contributed by atoms with E-state index in [0.717, 1.165) is 56.6 Å². The maximum absolute atomic E-state index is 12.1. The molecule has 1 aliphatic heterocycles. The highest BCUT2D eigenvalue weighted by molar-refractivity contribution is 5.75. The fourth-order valence-corrected chi connectivity index (χ4v) is 4.72. The van der Waals surface area contributed by atoms with Gasteiger partial charge in [0.05, 0.1) is 0 Å². The average molecular weight is 364 g/mol. The predicted molar refractivity (Wildman–Crippen MR) is 107 cm³/mol. The molecule has 27 heavy (non-hydrogen) atoms. The standard InChI is InChI=1S/C23H28N2O2/c1-17-6-4-9-20(14-17)22(23(26)27)25-11-5-10-24(12-13-25)21-15-18-7-2-3-8-19(18)16-21/h2-4,6-9,14,21-22H,5,10-13,15-16H2,1H3,(H,26,27). The number of nitrogens with zero attached hydrogens (tertiary/aromatic N) is 2. The summed E-state index contributed by atoms with van der Waals surface area (Å²) >= 11 is 0. The number of fused-ring (bicyclic) bond motifs is 1. The van der Waals surface area contributed by atoms with Gasteiger partial charge >= 0.3 is 5.97 Å². The second-order valence-electron chi connectivity index (χ2n) is 7.91. The molecule has 1 heterocycles. The lowest BCUT2D eigenvalue weighted by Crippen LogP contribution is -2.40. The van der Waals surface area contributed by atoms with Crippen molar-refractivity contribution in [2.75, 3.05) is 26.2 Å². The average Bonchev–Trinajstić information content (AvgIpc) is 2.94. The van der Waals surface area contributed by atoms with E-state index in [1.165, 1.54) is 11.1 Å². The lowest BCUT2D eigenvalue weighted by Gasteiger charge is -2.29. The molecule has 1 aliphatic carbocycles. The van der Waals surface area contributed by atoms with E-state index in [1.54, 1.807) is 0 Å². The summed E-state index contributed by atoms with van der Waals surface area (Å²) < 4.78 is 0. The highest BCUT2D eigenvalue weighted by Gasteiger charge is 2.32. The molecule has 0 aromatic heterocycles. The Morgan fingerprint density at radius 1 is 1.00 bits per heavy atom. The largest absolute Gasteiger partial charge is 0.480 e. The topological polar surface area (TPSA) is 43.8 Å². The summed E-state index contributed by atoms with van der Waals surface area (Å²) in [6, 6.07) is 16.7. The van der Waals surface area contributed by atoms with Gasteiger partial charge in [0, 0.05) is 25.7 Å². The second-order valence-corrected chi connectivity index (χ2v) is 7.91. The zero-order valence-electron chi connectivity index (χ0n) is 16.0. The van der Waals surface area contributed by atoms with Gasteiger partial charge in [-0.2, -0.15) is 0 Å². The summed E-state index contributed by atoms with van der Waals surface area (Å²) in [5.74, 6) is -0.748. The summed E-state index contributed by atoms with van der Waals surface area (Å²) in [5.41, 5.74) is 4.96. The van der Waals surface area contributed by atoms with E-state index in [4.69, 9.17) is 0 Å². The SMILES string of the molecule is Cc1cccc(C(C(=O)O)N2CCCN(C3Cc4ccccc4C3)CC2)c1. The quantitative estimate of drug-likeness (QED) is 0.904. The lowest BCUT2D eigenvalue weighted by molar-refractivity contribution is -0.143. The molecule has 0 radical (unpaired) electrons. The van der Waals surface area contributed by atoms with Gasteiger partial charge in [-0.3, -0.25) is 14.6 Å². The van der Waals surface area contributed by atoms with Crippen LogP contribution in [0.3, 0.4) is 0 Å². The minimum Gasteiger partial charge on any atom is -0.480 e. The van der Waals surface area contributed by atoms with Crippen LogP contribution in [0.5, 0.6) is 0 Å². The maximum atomic E-state index is 12.1. The van der Waals surface area contributed by atoms with Gasteiger partial charge in [-0.1, -0.05) is 54.1 Å². The smallest absolute Gasteiger partial charge is 0.325 e. The van der Waals surface area contributed by atoms with Crippen molar-refractivity contribution in [3.63, 3.8) is 0 Å². The lowest BCUT2D eigenvalue weighted by atomic mass is 10.0. The number of hydrogen-bond donors (Lipinski definition) is 1. The van der Waals surface area contributed by atoms with Crippen LogP contribution >= 0.6 is 0 Å². The molecule has 1 unspecified atom stereocenters. The normalized spacial score (nSPS) is 20.2. The van der Waals surface area contributed by atoms with Crippen molar-refractivity contribution < 1.29 is 9.90 Å². The third kappa shape index (κ3) is 3.92. The molecule has 1 atom stereocenters. The fraction of sp³-hybridized carbons (Fsp3) is 0.435. The van der Waals surface area contributed by atoms with Gasteiger partial charge in [0.1, 0.15) is 6.04 Å². The molecular formula is C23H28N2O2. The van der Waals surface area contributed by atoms with E-state index in [9.17, 15) is 9.90 Å². The number of carbonyl (C=O) groups is 1. The molecule has 0 spiro atoms. The van der Waals surface area contributed by atoms with Crippen molar-refractivity contribution >= 4 is 5.97 Å². The molecule has 4 rings (SSSR count). The van der Waals surface area contributed by atoms with Gasteiger partial charge in [-0.25, -0.2) is 0 Å². The van der Waals surface area contributed by atoms with Crippen LogP contribution in [0.25, 0.3) is 0 Å². The summed E-state index contributed by atoms with van der Waals surface area (Å²) in [7, 11) is 0. The zero-order chi connectivity index (χ0) is 18.8. The monoisotopic (exact) mass is 364 g/mol. The minimum atomic E-state index is -0.748. The van der Waals surface area contributed by atoms with Crippen molar-refractivity contribution in [2.24, 2.45) is 0 Å². The Kier molecular flexibility index (Phi) is 5.28. The maximum Gasteiger partial charge on any atom is 0.325 e. The van der Waals surface area contributed by atoms with Gasteiger partial charge in [-0.15, -0.1) is 0 Å². The molecule has 1 saturated heterocycles. The molecule has 0 bridgehead atoms. The number of aliphatic carboxylic acids is 1. The molecule has 2 aliphatic rings. The van der Waals surface area contributed by atoms with Crippen molar-refractivity contribution in [2.45, 2.75) is 38.3 Å². The molecule has 1 fully saturated rings. The van der Waals surface area contributed by atoms with E-state index >= 15 is 0 Å². The van der Waals surface area contributed by atoms with Crippen molar-refractivity contribution in [1.82, 2.24) is 9.80 Å². The molecule has 1 N–H and O–H groups in total. The highest BCUT2D eigenvalue weighted by atomic mass is 16.4. The number of carboxylic acids is 1. The summed E-state index contributed by atoms with van der Waals surface area (Å²) in [4.78, 5) is 16.8. The predicted octanol–water partition coefficient (Wildman–Crippen LogP) is 3.30. The third-order valence-corrected chi connectivity index (χ3v) is 6.07. The fourth-order valence-electron chi connectivity index (χ4n) is 4.72. The van der Waals surface area contributed by atoms with E-state index < -0.39 is 12.0 Å². The Morgan fingerprint density at radius 3 is 2.41 bits per heavy atom. The minimum absolute atomic E-state index is 0.550. The van der Waals surface area contributed by atoms with Gasteiger partial charge < -0.3 is 5.11 Å². The molecule has 4 heteroatoms. The summed E-state index contributed by atoms with van der Waals surface area (Å²) in [6.07, 6.45) is 3.26. The van der Waals surface area contributed by atoms with E-state index in [0.29, 0.717) is 6.04 Å². The Morgan fingerprint density at radius 2 is 1.74 bits per heavy atom. The first kappa shape index (κ1) is 18.2. The molecule has 142 valence electrons. The Balaban J connectivity index is 1.45. The highest BCUT2D eigenvalue weighted by Crippen LogP contribution is 2.28. The first-order chi connectivity index (χ1) is 13.1. The molecule has 0 amide bonds. The first-order valence-corrected chi connectivity index (χ1v) is 9.96. The first-order valence-electron chi connectivity index (χ1n) is 9.96. The summed E-state index contributed by atoms with van der Waals surface area (Å²) in [6.45, 7) is 5.65. The molecule has 2 aromatic rings. The number of rotatable bonds is 4. The van der Waals surface area contributed by atoms with Crippen LogP contribution in [0.2, 0.25) is 0 Å². The van der Waals surface area contributed by atoms with Gasteiger partial charge in [0.15, 0.2) is 0 Å². The van der Waals surface area contributed by atoms with Gasteiger partial charge in [0.25, 0.3) is 0 Å². The Labute approximate surface area is 161 Å². The van der Waals surface area contributed by atoms with E-state index in [-0.39, 0.29) is 0 Å².